The first-order chi connectivity index (χ1) is 9.65. The molecule has 0 bridgehead atoms. The molecule has 3 nitrogen and oxygen atoms in total. The van der Waals surface area contributed by atoms with Crippen LogP contribution in [0.4, 0.5) is 0 Å². The summed E-state index contributed by atoms with van der Waals surface area (Å²) in [7, 11) is 2.15. The lowest BCUT2D eigenvalue weighted by atomic mass is 10.2. The van der Waals surface area contributed by atoms with E-state index in [0.717, 1.165) is 38.4 Å². The van der Waals surface area contributed by atoms with Gasteiger partial charge >= 0.3 is 0 Å². The molecule has 0 spiro atoms. The van der Waals surface area contributed by atoms with Gasteiger partial charge in [0.15, 0.2) is 0 Å². The predicted molar refractivity (Wildman–Crippen MR) is 86.3 cm³/mol. The summed E-state index contributed by atoms with van der Waals surface area (Å²) in [6, 6.07) is 8.92. The number of nitrogens with zero attached hydrogens (tertiary/aromatic N) is 1. The molecule has 1 unspecified atom stereocenters. The first kappa shape index (κ1) is 17.0. The van der Waals surface area contributed by atoms with Gasteiger partial charge in [-0.15, -0.1) is 0 Å². The number of nitrogens with one attached hydrogen (secondary N) is 1. The number of unbranched alkanes of at least 4 members (excludes halogenated alkanes) is 1. The maximum absolute atomic E-state index is 5.67. The Morgan fingerprint density at radius 1 is 1.20 bits per heavy atom. The Balaban J connectivity index is 2.30. The van der Waals surface area contributed by atoms with Gasteiger partial charge in [-0.2, -0.15) is 0 Å². The molecule has 1 aromatic rings. The maximum atomic E-state index is 5.67. The van der Waals surface area contributed by atoms with Gasteiger partial charge in [0.25, 0.3) is 0 Å². The first-order valence-electron chi connectivity index (χ1n) is 7.79. The number of hydrogen-bond donors (Lipinski definition) is 1. The van der Waals surface area contributed by atoms with Crippen molar-refractivity contribution < 1.29 is 4.74 Å². The van der Waals surface area contributed by atoms with Gasteiger partial charge in [0.2, 0.25) is 0 Å². The smallest absolute Gasteiger partial charge is 0.119 e. The number of rotatable bonds is 10. The number of benzene rings is 1. The van der Waals surface area contributed by atoms with E-state index >= 15 is 0 Å². The van der Waals surface area contributed by atoms with Crippen LogP contribution < -0.4 is 10.1 Å². The average Bonchev–Trinajstić information content (AvgIpc) is 2.46. The van der Waals surface area contributed by atoms with Gasteiger partial charge in [0.1, 0.15) is 5.75 Å². The summed E-state index contributed by atoms with van der Waals surface area (Å²) in [5.74, 6) is 0.973. The summed E-state index contributed by atoms with van der Waals surface area (Å²) in [6.07, 6.45) is 2.29. The van der Waals surface area contributed by atoms with E-state index in [2.05, 4.69) is 62.3 Å². The molecule has 1 atom stereocenters. The van der Waals surface area contributed by atoms with Crippen LogP contribution in [0.15, 0.2) is 24.3 Å². The molecule has 1 aromatic carbocycles. The minimum atomic E-state index is 0.500. The fourth-order valence-electron chi connectivity index (χ4n) is 1.99. The Labute approximate surface area is 124 Å². The Morgan fingerprint density at radius 2 is 1.90 bits per heavy atom. The molecule has 0 heterocycles. The van der Waals surface area contributed by atoms with Crippen molar-refractivity contribution in [3.8, 4) is 5.75 Å². The van der Waals surface area contributed by atoms with Crippen LogP contribution >= 0.6 is 0 Å². The van der Waals surface area contributed by atoms with Crippen molar-refractivity contribution in [1.82, 2.24) is 10.2 Å². The molecule has 20 heavy (non-hydrogen) atoms. The molecule has 0 aliphatic carbocycles. The molecule has 0 aliphatic rings. The van der Waals surface area contributed by atoms with Gasteiger partial charge in [0, 0.05) is 19.1 Å². The minimum absolute atomic E-state index is 0.500. The third kappa shape index (κ3) is 6.92. The zero-order chi connectivity index (χ0) is 14.8. The van der Waals surface area contributed by atoms with Gasteiger partial charge in [-0.25, -0.2) is 0 Å². The molecule has 0 aliphatic heterocycles. The quantitative estimate of drug-likeness (QED) is 0.665. The lowest BCUT2D eigenvalue weighted by molar-refractivity contribution is 0.308. The van der Waals surface area contributed by atoms with Crippen LogP contribution in [0, 0.1) is 0 Å². The summed E-state index contributed by atoms with van der Waals surface area (Å²) in [5, 5.41) is 3.55. The highest BCUT2D eigenvalue weighted by atomic mass is 16.5. The topological polar surface area (TPSA) is 24.5 Å². The molecule has 0 radical (unpaired) electrons. The molecule has 0 saturated heterocycles. The van der Waals surface area contributed by atoms with Crippen molar-refractivity contribution in [3.63, 3.8) is 0 Å². The minimum Gasteiger partial charge on any atom is -0.494 e. The Bertz CT molecular complexity index is 351. The van der Waals surface area contributed by atoms with Crippen molar-refractivity contribution in [2.45, 2.75) is 46.2 Å². The molecular weight excluding hydrogens is 248 g/mol. The van der Waals surface area contributed by atoms with Crippen molar-refractivity contribution in [1.29, 1.82) is 0 Å². The molecule has 1 rings (SSSR count). The van der Waals surface area contributed by atoms with Crippen LogP contribution in [0.3, 0.4) is 0 Å². The highest BCUT2D eigenvalue weighted by Gasteiger charge is 2.04. The second-order valence-corrected chi connectivity index (χ2v) is 5.48. The average molecular weight is 278 g/mol. The SMILES string of the molecule is CCCCOc1ccc(CNC(C)CN(C)CC)cc1. The molecule has 0 saturated carbocycles. The summed E-state index contributed by atoms with van der Waals surface area (Å²) in [4.78, 5) is 2.32. The predicted octanol–water partition coefficient (Wildman–Crippen LogP) is 3.30. The molecule has 114 valence electrons. The second kappa shape index (κ2) is 9.78. The number of likely N-dealkylation sites (N-methyl/N-ethyl adjacent to an activating group) is 1. The zero-order valence-corrected chi connectivity index (χ0v) is 13.5. The van der Waals surface area contributed by atoms with Crippen molar-refractivity contribution in [2.75, 3.05) is 26.7 Å². The normalized spacial score (nSPS) is 12.7. The zero-order valence-electron chi connectivity index (χ0n) is 13.5. The van der Waals surface area contributed by atoms with Gasteiger partial charge in [-0.05, 0) is 44.6 Å². The third-order valence-corrected chi connectivity index (χ3v) is 3.47. The van der Waals surface area contributed by atoms with Gasteiger partial charge in [-0.1, -0.05) is 32.4 Å². The van der Waals surface area contributed by atoms with Crippen LogP contribution in [-0.4, -0.2) is 37.7 Å². The summed E-state index contributed by atoms with van der Waals surface area (Å²) < 4.78 is 5.67. The highest BCUT2D eigenvalue weighted by molar-refractivity contribution is 5.27. The standard InChI is InChI=1S/C17H30N2O/c1-5-7-12-20-17-10-8-16(9-11-17)13-18-15(3)14-19(4)6-2/h8-11,15,18H,5-7,12-14H2,1-4H3. The molecule has 0 amide bonds. The van der Waals surface area contributed by atoms with E-state index in [9.17, 15) is 0 Å². The van der Waals surface area contributed by atoms with Crippen LogP contribution in [0.25, 0.3) is 0 Å². The van der Waals surface area contributed by atoms with E-state index in [1.807, 2.05) is 0 Å². The Morgan fingerprint density at radius 3 is 2.50 bits per heavy atom. The van der Waals surface area contributed by atoms with E-state index in [4.69, 9.17) is 4.74 Å². The molecule has 0 aromatic heterocycles. The third-order valence-electron chi connectivity index (χ3n) is 3.47. The number of ether oxygens (including phenoxy) is 1. The summed E-state index contributed by atoms with van der Waals surface area (Å²) in [5.41, 5.74) is 1.30. The molecule has 0 fully saturated rings. The monoisotopic (exact) mass is 278 g/mol. The highest BCUT2D eigenvalue weighted by Crippen LogP contribution is 2.12. The van der Waals surface area contributed by atoms with Gasteiger partial charge in [-0.3, -0.25) is 0 Å². The van der Waals surface area contributed by atoms with E-state index in [1.54, 1.807) is 0 Å². The van der Waals surface area contributed by atoms with Crippen LogP contribution in [-0.2, 0) is 6.54 Å². The fraction of sp³-hybridized carbons (Fsp3) is 0.647. The van der Waals surface area contributed by atoms with E-state index in [1.165, 1.54) is 12.0 Å². The molecule has 3 heteroatoms. The van der Waals surface area contributed by atoms with Crippen LogP contribution in [0.2, 0.25) is 0 Å². The largest absolute Gasteiger partial charge is 0.494 e. The van der Waals surface area contributed by atoms with Crippen molar-refractivity contribution >= 4 is 0 Å². The van der Waals surface area contributed by atoms with Crippen LogP contribution in [0.5, 0.6) is 5.75 Å². The number of hydrogen-bond acceptors (Lipinski definition) is 3. The fourth-order valence-corrected chi connectivity index (χ4v) is 1.99. The van der Waals surface area contributed by atoms with Crippen molar-refractivity contribution in [3.05, 3.63) is 29.8 Å². The maximum Gasteiger partial charge on any atom is 0.119 e. The second-order valence-electron chi connectivity index (χ2n) is 5.48. The molecular formula is C17H30N2O. The van der Waals surface area contributed by atoms with E-state index < -0.39 is 0 Å². The first-order valence-corrected chi connectivity index (χ1v) is 7.79. The van der Waals surface area contributed by atoms with Gasteiger partial charge in [0.05, 0.1) is 6.61 Å². The lowest BCUT2D eigenvalue weighted by Gasteiger charge is -2.20. The van der Waals surface area contributed by atoms with E-state index in [0.29, 0.717) is 6.04 Å². The van der Waals surface area contributed by atoms with E-state index in [-0.39, 0.29) is 0 Å². The summed E-state index contributed by atoms with van der Waals surface area (Å²) in [6.45, 7) is 10.5. The van der Waals surface area contributed by atoms with Gasteiger partial charge < -0.3 is 15.0 Å². The Kier molecular flexibility index (Phi) is 8.31. The van der Waals surface area contributed by atoms with Crippen LogP contribution in [0.1, 0.15) is 39.2 Å². The lowest BCUT2D eigenvalue weighted by Crippen LogP contribution is -2.36. The van der Waals surface area contributed by atoms with Crippen molar-refractivity contribution in [2.24, 2.45) is 0 Å². The molecule has 1 N–H and O–H groups in total. The summed E-state index contributed by atoms with van der Waals surface area (Å²) >= 11 is 0. The Hall–Kier alpha value is -1.06.